The summed E-state index contributed by atoms with van der Waals surface area (Å²) in [6.07, 6.45) is 4.40. The molecule has 1 saturated carbocycles. The zero-order valence-electron chi connectivity index (χ0n) is 18.5. The summed E-state index contributed by atoms with van der Waals surface area (Å²) in [6.45, 7) is 0.108. The Bertz CT molecular complexity index is 1370. The van der Waals surface area contributed by atoms with Crippen LogP contribution >= 0.6 is 0 Å². The van der Waals surface area contributed by atoms with Gasteiger partial charge in [0.25, 0.3) is 5.91 Å². The third kappa shape index (κ3) is 4.17. The van der Waals surface area contributed by atoms with E-state index >= 15 is 0 Å². The van der Waals surface area contributed by atoms with Crippen LogP contribution in [0.4, 0.5) is 4.39 Å². The van der Waals surface area contributed by atoms with Gasteiger partial charge in [-0.25, -0.2) is 14.2 Å². The van der Waals surface area contributed by atoms with E-state index in [-0.39, 0.29) is 23.8 Å². The molecule has 1 fully saturated rings. The van der Waals surface area contributed by atoms with Crippen molar-refractivity contribution in [2.24, 2.45) is 0 Å². The molecular weight excluding hydrogens is 433 g/mol. The van der Waals surface area contributed by atoms with E-state index in [1.165, 1.54) is 6.07 Å². The highest BCUT2D eigenvalue weighted by molar-refractivity contribution is 5.95. The van der Waals surface area contributed by atoms with Crippen LogP contribution < -0.4 is 5.32 Å². The fourth-order valence-electron chi connectivity index (χ4n) is 4.66. The van der Waals surface area contributed by atoms with Crippen LogP contribution in [0.3, 0.4) is 0 Å². The number of amides is 1. The fraction of sp³-hybridized carbons (Fsp3) is 0.222. The molecule has 0 unspecified atom stereocenters. The Balaban J connectivity index is 1.44. The molecular formula is C27H24FN3O3. The molecule has 3 aromatic carbocycles. The average Bonchev–Trinajstić information content (AvgIpc) is 3.50. The van der Waals surface area contributed by atoms with E-state index in [9.17, 15) is 19.1 Å². The zero-order valence-corrected chi connectivity index (χ0v) is 18.5. The Morgan fingerprint density at radius 3 is 2.41 bits per heavy atom. The number of carboxylic acid groups (broad SMARTS) is 1. The van der Waals surface area contributed by atoms with Crippen molar-refractivity contribution >= 4 is 22.9 Å². The first-order valence-electron chi connectivity index (χ1n) is 11.4. The van der Waals surface area contributed by atoms with E-state index in [4.69, 9.17) is 4.98 Å². The van der Waals surface area contributed by atoms with Gasteiger partial charge >= 0.3 is 5.97 Å². The largest absolute Gasteiger partial charge is 0.478 e. The monoisotopic (exact) mass is 457 g/mol. The number of hydrogen-bond donors (Lipinski definition) is 2. The van der Waals surface area contributed by atoms with Crippen LogP contribution in [0.1, 0.15) is 58.0 Å². The number of nitrogens with one attached hydrogen (secondary N) is 1. The minimum Gasteiger partial charge on any atom is -0.478 e. The number of hydrogen-bond acceptors (Lipinski definition) is 3. The summed E-state index contributed by atoms with van der Waals surface area (Å²) in [5.41, 5.74) is 3.52. The number of aromatic nitrogens is 2. The first-order chi connectivity index (χ1) is 16.5. The van der Waals surface area contributed by atoms with Crippen LogP contribution in [-0.4, -0.2) is 26.5 Å². The quantitative estimate of drug-likeness (QED) is 0.396. The number of rotatable bonds is 6. The highest BCUT2D eigenvalue weighted by Gasteiger charge is 2.24. The van der Waals surface area contributed by atoms with Gasteiger partial charge in [0.2, 0.25) is 0 Å². The summed E-state index contributed by atoms with van der Waals surface area (Å²) in [5, 5.41) is 12.1. The van der Waals surface area contributed by atoms with Gasteiger partial charge in [0.05, 0.1) is 16.6 Å². The van der Waals surface area contributed by atoms with E-state index in [1.54, 1.807) is 42.5 Å². The predicted octanol–water partition coefficient (Wildman–Crippen LogP) is 5.59. The molecule has 4 aromatic rings. The highest BCUT2D eigenvalue weighted by atomic mass is 19.1. The Morgan fingerprint density at radius 2 is 1.71 bits per heavy atom. The van der Waals surface area contributed by atoms with E-state index < -0.39 is 5.97 Å². The number of carbonyl (C=O) groups is 2. The first kappa shape index (κ1) is 21.8. The van der Waals surface area contributed by atoms with Crippen molar-refractivity contribution < 1.29 is 19.1 Å². The number of fused-ring (bicyclic) bond motifs is 1. The number of halogens is 1. The van der Waals surface area contributed by atoms with Crippen molar-refractivity contribution in [2.45, 2.75) is 38.3 Å². The first-order valence-corrected chi connectivity index (χ1v) is 11.4. The maximum absolute atomic E-state index is 13.8. The molecule has 6 nitrogen and oxygen atoms in total. The number of carboxylic acids is 1. The summed E-state index contributed by atoms with van der Waals surface area (Å²) in [7, 11) is 0. The van der Waals surface area contributed by atoms with Gasteiger partial charge < -0.3 is 15.0 Å². The van der Waals surface area contributed by atoms with Crippen molar-refractivity contribution in [1.82, 2.24) is 14.9 Å². The van der Waals surface area contributed by atoms with Gasteiger partial charge in [-0.1, -0.05) is 43.2 Å². The maximum atomic E-state index is 13.8. The molecule has 1 aliphatic carbocycles. The molecule has 5 rings (SSSR count). The summed E-state index contributed by atoms with van der Waals surface area (Å²) in [4.78, 5) is 28.8. The lowest BCUT2D eigenvalue weighted by Gasteiger charge is -2.17. The van der Waals surface area contributed by atoms with E-state index in [0.29, 0.717) is 22.7 Å². The molecule has 1 aliphatic rings. The predicted molar refractivity (Wildman–Crippen MR) is 127 cm³/mol. The number of imidazole rings is 1. The minimum absolute atomic E-state index is 0.108. The molecule has 2 N–H and O–H groups in total. The van der Waals surface area contributed by atoms with E-state index in [0.717, 1.165) is 42.6 Å². The SMILES string of the molecule is O=C(O)c1ccc2c(c1)nc(-c1ccc(C(=O)NCc3ccccc3F)cc1)n2C1CCCC1. The second-order valence-corrected chi connectivity index (χ2v) is 8.60. The van der Waals surface area contributed by atoms with Gasteiger partial charge in [-0.15, -0.1) is 0 Å². The number of carbonyl (C=O) groups excluding carboxylic acids is 1. The van der Waals surface area contributed by atoms with Crippen LogP contribution in [0.15, 0.2) is 66.7 Å². The van der Waals surface area contributed by atoms with Crippen LogP contribution in [0.5, 0.6) is 0 Å². The van der Waals surface area contributed by atoms with E-state index in [1.807, 2.05) is 18.2 Å². The fourth-order valence-corrected chi connectivity index (χ4v) is 4.66. The van der Waals surface area contributed by atoms with Crippen LogP contribution in [0.25, 0.3) is 22.4 Å². The molecule has 0 bridgehead atoms. The summed E-state index contributed by atoms with van der Waals surface area (Å²) >= 11 is 0. The van der Waals surface area contributed by atoms with Crippen LogP contribution in [-0.2, 0) is 6.54 Å². The Kier molecular flexibility index (Phi) is 5.84. The minimum atomic E-state index is -0.982. The van der Waals surface area contributed by atoms with Crippen molar-refractivity contribution in [1.29, 1.82) is 0 Å². The smallest absolute Gasteiger partial charge is 0.335 e. The van der Waals surface area contributed by atoms with Gasteiger partial charge in [0.1, 0.15) is 11.6 Å². The summed E-state index contributed by atoms with van der Waals surface area (Å²) in [5.74, 6) is -0.854. The second kappa shape index (κ2) is 9.09. The Labute approximate surface area is 196 Å². The Hall–Kier alpha value is -4.00. The molecule has 1 heterocycles. The lowest BCUT2D eigenvalue weighted by atomic mass is 10.1. The van der Waals surface area contributed by atoms with Gasteiger partial charge in [-0.3, -0.25) is 4.79 Å². The Morgan fingerprint density at radius 1 is 1.00 bits per heavy atom. The normalized spacial score (nSPS) is 13.9. The molecule has 1 aromatic heterocycles. The van der Waals surface area contributed by atoms with Crippen molar-refractivity contribution in [3.8, 4) is 11.4 Å². The topological polar surface area (TPSA) is 84.2 Å². The van der Waals surface area contributed by atoms with Gasteiger partial charge in [-0.05, 0) is 49.2 Å². The second-order valence-electron chi connectivity index (χ2n) is 8.60. The van der Waals surface area contributed by atoms with Crippen LogP contribution in [0, 0.1) is 5.82 Å². The molecule has 7 heteroatoms. The van der Waals surface area contributed by atoms with Crippen molar-refractivity contribution in [3.63, 3.8) is 0 Å². The van der Waals surface area contributed by atoms with Gasteiger partial charge in [0, 0.05) is 29.3 Å². The molecule has 1 amide bonds. The van der Waals surface area contributed by atoms with Gasteiger partial charge in [-0.2, -0.15) is 0 Å². The van der Waals surface area contributed by atoms with E-state index in [2.05, 4.69) is 9.88 Å². The third-order valence-corrected chi connectivity index (χ3v) is 6.43. The number of nitrogens with zero attached hydrogens (tertiary/aromatic N) is 2. The molecule has 172 valence electrons. The molecule has 0 atom stereocenters. The van der Waals surface area contributed by atoms with Crippen molar-refractivity contribution in [2.75, 3.05) is 0 Å². The zero-order chi connectivity index (χ0) is 23.7. The number of benzene rings is 3. The molecule has 0 radical (unpaired) electrons. The lowest BCUT2D eigenvalue weighted by molar-refractivity contribution is 0.0696. The highest BCUT2D eigenvalue weighted by Crippen LogP contribution is 2.37. The summed E-state index contributed by atoms with van der Waals surface area (Å²) < 4.78 is 16.0. The molecule has 0 spiro atoms. The maximum Gasteiger partial charge on any atom is 0.335 e. The molecule has 34 heavy (non-hydrogen) atoms. The summed E-state index contributed by atoms with van der Waals surface area (Å²) in [6, 6.07) is 18.9. The van der Waals surface area contributed by atoms with Crippen LogP contribution in [0.2, 0.25) is 0 Å². The standard InChI is InChI=1S/C27H24FN3O3/c28-22-8-4-1-5-20(22)16-29-26(32)18-11-9-17(10-12-18)25-30-23-15-19(27(33)34)13-14-24(23)31(25)21-6-2-3-7-21/h1,4-5,8-15,21H,2-3,6-7,16H2,(H,29,32)(H,33,34). The molecule has 0 saturated heterocycles. The lowest BCUT2D eigenvalue weighted by Crippen LogP contribution is -2.23. The molecule has 0 aliphatic heterocycles. The average molecular weight is 458 g/mol. The van der Waals surface area contributed by atoms with Gasteiger partial charge in [0.15, 0.2) is 0 Å². The third-order valence-electron chi connectivity index (χ3n) is 6.43. The van der Waals surface area contributed by atoms with Crippen molar-refractivity contribution in [3.05, 3.63) is 89.2 Å². The number of aromatic carboxylic acids is 1.